The summed E-state index contributed by atoms with van der Waals surface area (Å²) in [7, 11) is 0. The van der Waals surface area contributed by atoms with Gasteiger partial charge in [-0.05, 0) is 19.1 Å². The number of hydrogen-bond acceptors (Lipinski definition) is 3. The monoisotopic (exact) mass is 221 g/mol. The summed E-state index contributed by atoms with van der Waals surface area (Å²) in [5, 5.41) is 8.84. The second-order valence-electron chi connectivity index (χ2n) is 3.23. The molecule has 0 spiro atoms. The van der Waals surface area contributed by atoms with Crippen LogP contribution in [-0.4, -0.2) is 19.0 Å². The van der Waals surface area contributed by atoms with Gasteiger partial charge in [0.1, 0.15) is 17.4 Å². The largest absolute Gasteiger partial charge is 0.368 e. The molecule has 4 nitrogen and oxygen atoms in total. The predicted octanol–water partition coefficient (Wildman–Crippen LogP) is 1.01. The summed E-state index contributed by atoms with van der Waals surface area (Å²) in [6.07, 6.45) is 0. The topological polar surface area (TPSA) is 70.1 Å². The molecular weight excluding hydrogens is 209 g/mol. The van der Waals surface area contributed by atoms with E-state index in [-0.39, 0.29) is 12.1 Å². The normalized spacial score (nSPS) is 9.56. The third-order valence-electron chi connectivity index (χ3n) is 2.17. The van der Waals surface area contributed by atoms with Gasteiger partial charge in [-0.1, -0.05) is 6.07 Å². The zero-order chi connectivity index (χ0) is 12.1. The molecule has 0 atom stereocenters. The number of hydrogen-bond donors (Lipinski definition) is 1. The molecule has 0 saturated carbocycles. The fourth-order valence-electron chi connectivity index (χ4n) is 1.44. The molecule has 0 aromatic heterocycles. The number of carbonyl (C=O) groups excluding carboxylic acids is 1. The molecule has 16 heavy (non-hydrogen) atoms. The minimum absolute atomic E-state index is 0.0331. The van der Waals surface area contributed by atoms with Crippen LogP contribution in [0.15, 0.2) is 18.2 Å². The minimum atomic E-state index is -0.595. The van der Waals surface area contributed by atoms with Crippen molar-refractivity contribution in [3.8, 4) is 6.07 Å². The van der Waals surface area contributed by atoms with Crippen LogP contribution in [0.2, 0.25) is 0 Å². The number of nitrogens with two attached hydrogens (primary N) is 1. The third-order valence-corrected chi connectivity index (χ3v) is 2.17. The Kier molecular flexibility index (Phi) is 3.84. The van der Waals surface area contributed by atoms with Crippen molar-refractivity contribution in [1.82, 2.24) is 0 Å². The van der Waals surface area contributed by atoms with Crippen LogP contribution in [0.1, 0.15) is 12.5 Å². The summed E-state index contributed by atoms with van der Waals surface area (Å²) in [6, 6.07) is 6.08. The Labute approximate surface area is 93.1 Å². The number of primary amides is 1. The highest BCUT2D eigenvalue weighted by atomic mass is 19.1. The Bertz CT molecular complexity index is 439. The Morgan fingerprint density at radius 1 is 1.62 bits per heavy atom. The van der Waals surface area contributed by atoms with Crippen LogP contribution in [0.25, 0.3) is 0 Å². The van der Waals surface area contributed by atoms with Crippen molar-refractivity contribution < 1.29 is 9.18 Å². The van der Waals surface area contributed by atoms with Crippen molar-refractivity contribution >= 4 is 11.6 Å². The molecule has 0 heterocycles. The summed E-state index contributed by atoms with van der Waals surface area (Å²) in [5.74, 6) is -1.11. The van der Waals surface area contributed by atoms with Crippen LogP contribution in [0.3, 0.4) is 0 Å². The molecular formula is C11H12FN3O. The van der Waals surface area contributed by atoms with Crippen molar-refractivity contribution in [2.45, 2.75) is 6.92 Å². The molecule has 0 radical (unpaired) electrons. The molecule has 1 rings (SSSR count). The summed E-state index contributed by atoms with van der Waals surface area (Å²) in [5.41, 5.74) is 5.41. The van der Waals surface area contributed by atoms with Crippen LogP contribution in [0, 0.1) is 17.1 Å². The molecule has 1 amide bonds. The van der Waals surface area contributed by atoms with Crippen LogP contribution in [0.4, 0.5) is 10.1 Å². The van der Waals surface area contributed by atoms with E-state index in [2.05, 4.69) is 0 Å². The fraction of sp³-hybridized carbons (Fsp3) is 0.273. The van der Waals surface area contributed by atoms with Gasteiger partial charge in [-0.15, -0.1) is 0 Å². The lowest BCUT2D eigenvalue weighted by molar-refractivity contribution is -0.116. The van der Waals surface area contributed by atoms with E-state index >= 15 is 0 Å². The van der Waals surface area contributed by atoms with E-state index in [0.29, 0.717) is 12.2 Å². The molecule has 0 aliphatic heterocycles. The molecule has 0 fully saturated rings. The Morgan fingerprint density at radius 3 is 2.81 bits per heavy atom. The lowest BCUT2D eigenvalue weighted by Crippen LogP contribution is -2.34. The van der Waals surface area contributed by atoms with Crippen molar-refractivity contribution in [3.05, 3.63) is 29.6 Å². The number of nitrogens with zero attached hydrogens (tertiary/aromatic N) is 2. The maximum Gasteiger partial charge on any atom is 0.236 e. The SMILES string of the molecule is CCN(CC(N)=O)c1cccc(F)c1C#N. The maximum absolute atomic E-state index is 13.3. The molecule has 84 valence electrons. The van der Waals surface area contributed by atoms with Gasteiger partial charge in [-0.2, -0.15) is 5.26 Å². The van der Waals surface area contributed by atoms with Gasteiger partial charge < -0.3 is 10.6 Å². The third kappa shape index (κ3) is 2.48. The molecule has 5 heteroatoms. The number of benzene rings is 1. The zero-order valence-corrected chi connectivity index (χ0v) is 8.90. The Morgan fingerprint density at radius 2 is 2.31 bits per heavy atom. The smallest absolute Gasteiger partial charge is 0.236 e. The molecule has 0 aliphatic carbocycles. The fourth-order valence-corrected chi connectivity index (χ4v) is 1.44. The number of halogens is 1. The first kappa shape index (κ1) is 12.0. The number of carbonyl (C=O) groups is 1. The summed E-state index contributed by atoms with van der Waals surface area (Å²) >= 11 is 0. The maximum atomic E-state index is 13.3. The lowest BCUT2D eigenvalue weighted by atomic mass is 10.1. The first-order valence-electron chi connectivity index (χ1n) is 4.82. The van der Waals surface area contributed by atoms with E-state index in [1.807, 2.05) is 0 Å². The average molecular weight is 221 g/mol. The quantitative estimate of drug-likeness (QED) is 0.824. The van der Waals surface area contributed by atoms with Crippen LogP contribution < -0.4 is 10.6 Å². The number of amides is 1. The predicted molar refractivity (Wildman–Crippen MR) is 58.2 cm³/mol. The van der Waals surface area contributed by atoms with Gasteiger partial charge in [-0.3, -0.25) is 4.79 Å². The Balaban J connectivity index is 3.15. The van der Waals surface area contributed by atoms with Gasteiger partial charge in [0.25, 0.3) is 0 Å². The van der Waals surface area contributed by atoms with Crippen molar-refractivity contribution in [1.29, 1.82) is 5.26 Å². The van der Waals surface area contributed by atoms with Crippen molar-refractivity contribution in [3.63, 3.8) is 0 Å². The lowest BCUT2D eigenvalue weighted by Gasteiger charge is -2.22. The number of nitriles is 1. The van der Waals surface area contributed by atoms with Crippen molar-refractivity contribution in [2.75, 3.05) is 18.0 Å². The number of rotatable bonds is 4. The molecule has 0 unspecified atom stereocenters. The standard InChI is InChI=1S/C11H12FN3O/c1-2-15(7-11(14)16)10-5-3-4-9(12)8(10)6-13/h3-5H,2,7H2,1H3,(H2,14,16). The van der Waals surface area contributed by atoms with Crippen molar-refractivity contribution in [2.24, 2.45) is 5.73 Å². The summed E-state index contributed by atoms with van der Waals surface area (Å²) < 4.78 is 13.3. The van der Waals surface area contributed by atoms with E-state index in [1.54, 1.807) is 24.0 Å². The first-order chi connectivity index (χ1) is 7.60. The van der Waals surface area contributed by atoms with Gasteiger partial charge in [0, 0.05) is 6.54 Å². The van der Waals surface area contributed by atoms with Gasteiger partial charge in [0.2, 0.25) is 5.91 Å². The van der Waals surface area contributed by atoms with Crippen LogP contribution in [0.5, 0.6) is 0 Å². The van der Waals surface area contributed by atoms with E-state index < -0.39 is 11.7 Å². The highest BCUT2D eigenvalue weighted by Gasteiger charge is 2.14. The van der Waals surface area contributed by atoms with E-state index in [9.17, 15) is 9.18 Å². The van der Waals surface area contributed by atoms with Gasteiger partial charge in [-0.25, -0.2) is 4.39 Å². The summed E-state index contributed by atoms with van der Waals surface area (Å²) in [6.45, 7) is 2.24. The highest BCUT2D eigenvalue weighted by Crippen LogP contribution is 2.21. The zero-order valence-electron chi connectivity index (χ0n) is 8.90. The van der Waals surface area contributed by atoms with Crippen LogP contribution >= 0.6 is 0 Å². The average Bonchev–Trinajstić information content (AvgIpc) is 2.25. The molecule has 1 aromatic carbocycles. The molecule has 2 N–H and O–H groups in total. The number of likely N-dealkylation sites (N-methyl/N-ethyl adjacent to an activating group) is 1. The molecule has 1 aromatic rings. The second kappa shape index (κ2) is 5.12. The van der Waals surface area contributed by atoms with E-state index in [1.165, 1.54) is 12.1 Å². The van der Waals surface area contributed by atoms with E-state index in [0.717, 1.165) is 0 Å². The minimum Gasteiger partial charge on any atom is -0.368 e. The van der Waals surface area contributed by atoms with Gasteiger partial charge >= 0.3 is 0 Å². The van der Waals surface area contributed by atoms with Gasteiger partial charge in [0.05, 0.1) is 12.2 Å². The highest BCUT2D eigenvalue weighted by molar-refractivity contribution is 5.80. The number of anilines is 1. The molecule has 0 bridgehead atoms. The first-order valence-corrected chi connectivity index (χ1v) is 4.82. The van der Waals surface area contributed by atoms with E-state index in [4.69, 9.17) is 11.0 Å². The Hall–Kier alpha value is -2.09. The molecule has 0 saturated heterocycles. The summed E-state index contributed by atoms with van der Waals surface area (Å²) in [4.78, 5) is 12.4. The van der Waals surface area contributed by atoms with Crippen LogP contribution in [-0.2, 0) is 4.79 Å². The second-order valence-corrected chi connectivity index (χ2v) is 3.23. The van der Waals surface area contributed by atoms with Gasteiger partial charge in [0.15, 0.2) is 0 Å². The molecule has 0 aliphatic rings.